The molecule has 1 aliphatic heterocycles. The molecule has 0 aliphatic carbocycles. The zero-order valence-corrected chi connectivity index (χ0v) is 12.8. The van der Waals surface area contributed by atoms with Gasteiger partial charge in [-0.25, -0.2) is 9.97 Å². The lowest BCUT2D eigenvalue weighted by Crippen LogP contribution is -2.44. The van der Waals surface area contributed by atoms with E-state index >= 15 is 0 Å². The molecule has 21 heavy (non-hydrogen) atoms. The predicted octanol–water partition coefficient (Wildman–Crippen LogP) is 0.763. The Labute approximate surface area is 124 Å². The van der Waals surface area contributed by atoms with Crippen LogP contribution in [-0.4, -0.2) is 61.3 Å². The number of hydrogen-bond donors (Lipinski definition) is 1. The summed E-state index contributed by atoms with van der Waals surface area (Å²) in [6.07, 6.45) is 0.359. The predicted molar refractivity (Wildman–Crippen MR) is 78.1 cm³/mol. The number of aromatic nitrogens is 2. The topological polar surface area (TPSA) is 76.6 Å². The van der Waals surface area contributed by atoms with E-state index in [9.17, 15) is 4.79 Å². The van der Waals surface area contributed by atoms with Crippen molar-refractivity contribution in [2.24, 2.45) is 0 Å². The molecule has 0 bridgehead atoms. The Balaban J connectivity index is 2.21. The monoisotopic (exact) mass is 294 g/mol. The summed E-state index contributed by atoms with van der Waals surface area (Å²) in [6, 6.07) is 1.62. The number of rotatable bonds is 5. The highest BCUT2D eigenvalue weighted by atomic mass is 16.5. The maximum absolute atomic E-state index is 12.3. The minimum absolute atomic E-state index is 0.0428. The number of nitrogens with zero attached hydrogens (tertiary/aromatic N) is 3. The minimum Gasteiger partial charge on any atom is -0.384 e. The second kappa shape index (κ2) is 7.33. The van der Waals surface area contributed by atoms with E-state index in [0.29, 0.717) is 38.6 Å². The molecular formula is C14H22N4O3. The normalized spacial score (nSPS) is 18.6. The number of aryl methyl sites for hydroxylation is 1. The van der Waals surface area contributed by atoms with Gasteiger partial charge in [0.05, 0.1) is 26.2 Å². The standard InChI is InChI=1S/C14H22N4O3/c1-10-8-12(15-2)17-14(16-10)11-9-21-7-5-18(11)13(19)4-6-20-3/h8,11H,4-7,9H2,1-3H3,(H,15,16,17)/t11-/m1/s1. The molecule has 0 spiro atoms. The number of carbonyl (C=O) groups is 1. The van der Waals surface area contributed by atoms with Crippen LogP contribution >= 0.6 is 0 Å². The highest BCUT2D eigenvalue weighted by Gasteiger charge is 2.30. The molecule has 1 aromatic heterocycles. The molecule has 7 nitrogen and oxygen atoms in total. The lowest BCUT2D eigenvalue weighted by atomic mass is 10.2. The SMILES string of the molecule is CNc1cc(C)nc([C@H]2COCCN2C(=O)CCOC)n1. The van der Waals surface area contributed by atoms with Crippen LogP contribution in [-0.2, 0) is 14.3 Å². The Morgan fingerprint density at radius 1 is 1.57 bits per heavy atom. The van der Waals surface area contributed by atoms with Crippen molar-refractivity contribution in [2.45, 2.75) is 19.4 Å². The summed E-state index contributed by atoms with van der Waals surface area (Å²) < 4.78 is 10.5. The van der Waals surface area contributed by atoms with Crippen LogP contribution < -0.4 is 5.32 Å². The Morgan fingerprint density at radius 3 is 3.10 bits per heavy atom. The van der Waals surface area contributed by atoms with Gasteiger partial charge in [-0.05, 0) is 6.92 Å². The fourth-order valence-corrected chi connectivity index (χ4v) is 2.32. The molecule has 0 radical (unpaired) electrons. The van der Waals surface area contributed by atoms with Gasteiger partial charge in [0.1, 0.15) is 11.9 Å². The van der Waals surface area contributed by atoms with Gasteiger partial charge in [-0.1, -0.05) is 0 Å². The van der Waals surface area contributed by atoms with E-state index in [1.54, 1.807) is 12.0 Å². The molecule has 1 amide bonds. The molecule has 1 aliphatic rings. The molecule has 1 fully saturated rings. The Morgan fingerprint density at radius 2 is 2.38 bits per heavy atom. The number of amides is 1. The molecule has 2 rings (SSSR count). The molecule has 0 unspecified atom stereocenters. The summed E-state index contributed by atoms with van der Waals surface area (Å²) in [7, 11) is 3.40. The van der Waals surface area contributed by atoms with Gasteiger partial charge in [-0.15, -0.1) is 0 Å². The molecule has 1 N–H and O–H groups in total. The highest BCUT2D eigenvalue weighted by molar-refractivity contribution is 5.76. The molecule has 2 heterocycles. The van der Waals surface area contributed by atoms with E-state index in [0.717, 1.165) is 11.5 Å². The van der Waals surface area contributed by atoms with Crippen LogP contribution in [0.15, 0.2) is 6.07 Å². The Bertz CT molecular complexity index is 495. The first-order chi connectivity index (χ1) is 10.2. The number of anilines is 1. The van der Waals surface area contributed by atoms with E-state index in [1.165, 1.54) is 0 Å². The first-order valence-electron chi connectivity index (χ1n) is 7.05. The largest absolute Gasteiger partial charge is 0.384 e. The first kappa shape index (κ1) is 15.7. The number of methoxy groups -OCH3 is 1. The fourth-order valence-electron chi connectivity index (χ4n) is 2.32. The highest BCUT2D eigenvalue weighted by Crippen LogP contribution is 2.23. The smallest absolute Gasteiger partial charge is 0.225 e. The summed E-state index contributed by atoms with van der Waals surface area (Å²) in [5, 5.41) is 3.01. The third kappa shape index (κ3) is 3.89. The molecule has 116 valence electrons. The van der Waals surface area contributed by atoms with Crippen molar-refractivity contribution in [3.8, 4) is 0 Å². The maximum Gasteiger partial charge on any atom is 0.225 e. The number of hydrogen-bond acceptors (Lipinski definition) is 6. The minimum atomic E-state index is -0.241. The fraction of sp³-hybridized carbons (Fsp3) is 0.643. The van der Waals surface area contributed by atoms with Crippen LogP contribution in [0.2, 0.25) is 0 Å². The van der Waals surface area contributed by atoms with Crippen molar-refractivity contribution in [1.29, 1.82) is 0 Å². The molecule has 7 heteroatoms. The molecular weight excluding hydrogens is 272 g/mol. The molecule has 1 saturated heterocycles. The number of ether oxygens (including phenoxy) is 2. The van der Waals surface area contributed by atoms with Crippen molar-refractivity contribution in [3.05, 3.63) is 17.6 Å². The van der Waals surface area contributed by atoms with Crippen LogP contribution in [0, 0.1) is 6.92 Å². The third-order valence-electron chi connectivity index (χ3n) is 3.39. The van der Waals surface area contributed by atoms with E-state index in [-0.39, 0.29) is 11.9 Å². The van der Waals surface area contributed by atoms with Crippen LogP contribution in [0.5, 0.6) is 0 Å². The quantitative estimate of drug-likeness (QED) is 0.864. The summed E-state index contributed by atoms with van der Waals surface area (Å²) in [6.45, 7) is 3.84. The number of nitrogens with one attached hydrogen (secondary N) is 1. The molecule has 0 aromatic carbocycles. The van der Waals surface area contributed by atoms with E-state index in [2.05, 4.69) is 15.3 Å². The van der Waals surface area contributed by atoms with Gasteiger partial charge < -0.3 is 19.7 Å². The first-order valence-corrected chi connectivity index (χ1v) is 7.05. The molecule has 1 aromatic rings. The van der Waals surface area contributed by atoms with Gasteiger partial charge in [0.15, 0.2) is 5.82 Å². The second-order valence-corrected chi connectivity index (χ2v) is 4.92. The van der Waals surface area contributed by atoms with Crippen molar-refractivity contribution in [2.75, 3.05) is 45.8 Å². The van der Waals surface area contributed by atoms with Crippen LogP contribution in [0.4, 0.5) is 5.82 Å². The Hall–Kier alpha value is -1.73. The number of carbonyl (C=O) groups excluding carboxylic acids is 1. The maximum atomic E-state index is 12.3. The average Bonchev–Trinajstić information content (AvgIpc) is 2.51. The van der Waals surface area contributed by atoms with Crippen LogP contribution in [0.25, 0.3) is 0 Å². The third-order valence-corrected chi connectivity index (χ3v) is 3.39. The summed E-state index contributed by atoms with van der Waals surface area (Å²) in [5.41, 5.74) is 0.860. The van der Waals surface area contributed by atoms with Gasteiger partial charge in [0, 0.05) is 32.5 Å². The number of morpholine rings is 1. The van der Waals surface area contributed by atoms with Gasteiger partial charge in [0.2, 0.25) is 5.91 Å². The van der Waals surface area contributed by atoms with Crippen molar-refractivity contribution in [3.63, 3.8) is 0 Å². The summed E-state index contributed by atoms with van der Waals surface area (Å²) in [4.78, 5) is 23.0. The van der Waals surface area contributed by atoms with Crippen molar-refractivity contribution >= 4 is 11.7 Å². The van der Waals surface area contributed by atoms with Gasteiger partial charge in [-0.2, -0.15) is 0 Å². The zero-order valence-electron chi connectivity index (χ0n) is 12.8. The summed E-state index contributed by atoms with van der Waals surface area (Å²) in [5.74, 6) is 1.40. The lowest BCUT2D eigenvalue weighted by molar-refractivity contribution is -0.141. The molecule has 1 atom stereocenters. The van der Waals surface area contributed by atoms with Gasteiger partial charge >= 0.3 is 0 Å². The van der Waals surface area contributed by atoms with Gasteiger partial charge in [-0.3, -0.25) is 4.79 Å². The lowest BCUT2D eigenvalue weighted by Gasteiger charge is -2.34. The van der Waals surface area contributed by atoms with E-state index in [1.807, 2.05) is 20.0 Å². The van der Waals surface area contributed by atoms with E-state index < -0.39 is 0 Å². The Kier molecular flexibility index (Phi) is 5.46. The van der Waals surface area contributed by atoms with Crippen molar-refractivity contribution in [1.82, 2.24) is 14.9 Å². The van der Waals surface area contributed by atoms with E-state index in [4.69, 9.17) is 9.47 Å². The van der Waals surface area contributed by atoms with Crippen molar-refractivity contribution < 1.29 is 14.3 Å². The zero-order chi connectivity index (χ0) is 15.2. The average molecular weight is 294 g/mol. The summed E-state index contributed by atoms with van der Waals surface area (Å²) >= 11 is 0. The second-order valence-electron chi connectivity index (χ2n) is 4.92. The van der Waals surface area contributed by atoms with Gasteiger partial charge in [0.25, 0.3) is 0 Å². The molecule has 0 saturated carbocycles. The van der Waals surface area contributed by atoms with Crippen LogP contribution in [0.1, 0.15) is 24.0 Å². The van der Waals surface area contributed by atoms with Crippen LogP contribution in [0.3, 0.4) is 0 Å².